The maximum Gasteiger partial charge on any atom is 0.231 e. The van der Waals surface area contributed by atoms with E-state index in [4.69, 9.17) is 10.5 Å². The van der Waals surface area contributed by atoms with Gasteiger partial charge in [-0.05, 0) is 34.1 Å². The highest BCUT2D eigenvalue weighted by molar-refractivity contribution is 5.43. The second-order valence-corrected chi connectivity index (χ2v) is 5.29. The van der Waals surface area contributed by atoms with Crippen LogP contribution >= 0.6 is 0 Å². The molecule has 7 heteroatoms. The predicted octanol–water partition coefficient (Wildman–Crippen LogP) is 1.28. The number of rotatable bonds is 5. The lowest BCUT2D eigenvalue weighted by Crippen LogP contribution is -2.42. The maximum atomic E-state index is 5.80. The molecule has 0 amide bonds. The summed E-state index contributed by atoms with van der Waals surface area (Å²) < 4.78 is 5.62. The van der Waals surface area contributed by atoms with Crippen molar-refractivity contribution in [2.45, 2.75) is 45.8 Å². The second-order valence-electron chi connectivity index (χ2n) is 5.29. The first-order valence-corrected chi connectivity index (χ1v) is 7.14. The summed E-state index contributed by atoms with van der Waals surface area (Å²) in [4.78, 5) is 14.9. The molecule has 1 aromatic heterocycles. The van der Waals surface area contributed by atoms with E-state index in [1.807, 2.05) is 4.90 Å². The van der Waals surface area contributed by atoms with E-state index in [-0.39, 0.29) is 17.6 Å². The smallest absolute Gasteiger partial charge is 0.231 e. The van der Waals surface area contributed by atoms with Crippen molar-refractivity contribution in [3.8, 4) is 0 Å². The first kappa shape index (κ1) is 14.8. The fourth-order valence-electron chi connectivity index (χ4n) is 2.34. The van der Waals surface area contributed by atoms with Crippen molar-refractivity contribution < 1.29 is 4.74 Å². The van der Waals surface area contributed by atoms with Gasteiger partial charge in [0, 0.05) is 19.7 Å². The van der Waals surface area contributed by atoms with Crippen molar-refractivity contribution in [1.29, 1.82) is 0 Å². The molecular weight excluding hydrogens is 256 g/mol. The van der Waals surface area contributed by atoms with Crippen LogP contribution in [0.3, 0.4) is 0 Å². The highest BCUT2D eigenvalue weighted by Gasteiger charge is 2.37. The molecule has 112 valence electrons. The Balaban J connectivity index is 2.24. The zero-order chi connectivity index (χ0) is 14.8. The van der Waals surface area contributed by atoms with E-state index in [1.165, 1.54) is 0 Å². The van der Waals surface area contributed by atoms with Gasteiger partial charge in [0.15, 0.2) is 0 Å². The standard InChI is InChI=1S/C13H24N6O/c1-5-19(6-2)12-16-10(14)15-11(17-12)18-13(4)7-8-20-9(13)3/h9H,5-8H2,1-4H3,(H3,14,15,16,17,18). The lowest BCUT2D eigenvalue weighted by Gasteiger charge is -2.29. The van der Waals surface area contributed by atoms with Gasteiger partial charge in [0.25, 0.3) is 0 Å². The van der Waals surface area contributed by atoms with Crippen molar-refractivity contribution in [3.05, 3.63) is 0 Å². The Morgan fingerprint density at radius 2 is 2.05 bits per heavy atom. The molecule has 2 heterocycles. The molecular formula is C13H24N6O. The summed E-state index contributed by atoms with van der Waals surface area (Å²) >= 11 is 0. The third kappa shape index (κ3) is 2.92. The summed E-state index contributed by atoms with van der Waals surface area (Å²) in [6, 6.07) is 0. The largest absolute Gasteiger partial charge is 0.376 e. The minimum absolute atomic E-state index is 0.109. The SMILES string of the molecule is CCN(CC)c1nc(N)nc(NC2(C)CCOC2C)n1. The van der Waals surface area contributed by atoms with Gasteiger partial charge in [-0.25, -0.2) is 0 Å². The van der Waals surface area contributed by atoms with Gasteiger partial charge in [-0.3, -0.25) is 0 Å². The fraction of sp³-hybridized carbons (Fsp3) is 0.769. The van der Waals surface area contributed by atoms with Gasteiger partial charge < -0.3 is 20.7 Å². The minimum atomic E-state index is -0.172. The van der Waals surface area contributed by atoms with Crippen LogP contribution in [0.25, 0.3) is 0 Å². The molecule has 20 heavy (non-hydrogen) atoms. The van der Waals surface area contributed by atoms with E-state index in [0.29, 0.717) is 11.9 Å². The Morgan fingerprint density at radius 3 is 2.60 bits per heavy atom. The molecule has 0 aromatic carbocycles. The normalized spacial score (nSPS) is 25.7. The molecule has 2 unspecified atom stereocenters. The Kier molecular flexibility index (Phi) is 4.27. The second kappa shape index (κ2) is 5.78. The quantitative estimate of drug-likeness (QED) is 0.839. The highest BCUT2D eigenvalue weighted by atomic mass is 16.5. The third-order valence-corrected chi connectivity index (χ3v) is 3.97. The number of nitrogens with one attached hydrogen (secondary N) is 1. The van der Waals surface area contributed by atoms with Crippen molar-refractivity contribution in [1.82, 2.24) is 15.0 Å². The van der Waals surface area contributed by atoms with Crippen LogP contribution in [0.4, 0.5) is 17.8 Å². The van der Waals surface area contributed by atoms with Crippen molar-refractivity contribution >= 4 is 17.8 Å². The molecule has 1 aliphatic heterocycles. The number of nitrogen functional groups attached to an aromatic ring is 1. The summed E-state index contributed by atoms with van der Waals surface area (Å²) in [5.74, 6) is 1.36. The number of nitrogens with two attached hydrogens (primary N) is 1. The van der Waals surface area contributed by atoms with Crippen LogP contribution in [0.5, 0.6) is 0 Å². The van der Waals surface area contributed by atoms with Crippen LogP contribution in [-0.2, 0) is 4.74 Å². The summed E-state index contributed by atoms with van der Waals surface area (Å²) in [5.41, 5.74) is 5.63. The Morgan fingerprint density at radius 1 is 1.35 bits per heavy atom. The molecule has 1 saturated heterocycles. The van der Waals surface area contributed by atoms with Gasteiger partial charge in [-0.2, -0.15) is 15.0 Å². The molecule has 0 radical (unpaired) electrons. The van der Waals surface area contributed by atoms with Crippen LogP contribution in [0.1, 0.15) is 34.1 Å². The first-order chi connectivity index (χ1) is 9.48. The van der Waals surface area contributed by atoms with Crippen LogP contribution in [0.15, 0.2) is 0 Å². The molecule has 0 aliphatic carbocycles. The van der Waals surface area contributed by atoms with E-state index < -0.39 is 0 Å². The molecule has 1 fully saturated rings. The summed E-state index contributed by atoms with van der Waals surface area (Å²) in [7, 11) is 0. The van der Waals surface area contributed by atoms with E-state index >= 15 is 0 Å². The van der Waals surface area contributed by atoms with Gasteiger partial charge in [0.2, 0.25) is 17.8 Å². The fourth-order valence-corrected chi connectivity index (χ4v) is 2.34. The number of hydrogen-bond donors (Lipinski definition) is 2. The van der Waals surface area contributed by atoms with E-state index in [9.17, 15) is 0 Å². The summed E-state index contributed by atoms with van der Waals surface area (Å²) in [6.45, 7) is 10.7. The Hall–Kier alpha value is -1.63. The highest BCUT2D eigenvalue weighted by Crippen LogP contribution is 2.28. The average molecular weight is 280 g/mol. The topological polar surface area (TPSA) is 89.2 Å². The molecule has 7 nitrogen and oxygen atoms in total. The zero-order valence-corrected chi connectivity index (χ0v) is 12.7. The molecule has 3 N–H and O–H groups in total. The minimum Gasteiger partial charge on any atom is -0.376 e. The summed E-state index contributed by atoms with van der Waals surface area (Å²) in [6.07, 6.45) is 1.03. The van der Waals surface area contributed by atoms with Crippen LogP contribution in [0.2, 0.25) is 0 Å². The van der Waals surface area contributed by atoms with Gasteiger partial charge in [0.1, 0.15) is 0 Å². The number of aromatic nitrogens is 3. The molecule has 0 saturated carbocycles. The number of anilines is 3. The van der Waals surface area contributed by atoms with Crippen LogP contribution in [-0.4, -0.2) is 46.3 Å². The third-order valence-electron chi connectivity index (χ3n) is 3.97. The summed E-state index contributed by atoms with van der Waals surface area (Å²) in [5, 5.41) is 3.36. The lowest BCUT2D eigenvalue weighted by molar-refractivity contribution is 0.105. The number of ether oxygens (including phenoxy) is 1. The number of hydrogen-bond acceptors (Lipinski definition) is 7. The molecule has 1 aliphatic rings. The first-order valence-electron chi connectivity index (χ1n) is 7.14. The molecule has 2 atom stereocenters. The maximum absolute atomic E-state index is 5.80. The average Bonchev–Trinajstić information content (AvgIpc) is 2.70. The number of nitrogens with zero attached hydrogens (tertiary/aromatic N) is 4. The van der Waals surface area contributed by atoms with E-state index in [1.54, 1.807) is 0 Å². The van der Waals surface area contributed by atoms with Crippen molar-refractivity contribution in [2.75, 3.05) is 35.6 Å². The van der Waals surface area contributed by atoms with Crippen molar-refractivity contribution in [2.24, 2.45) is 0 Å². The Bertz CT molecular complexity index is 464. The zero-order valence-electron chi connectivity index (χ0n) is 12.7. The molecule has 2 rings (SSSR count). The van der Waals surface area contributed by atoms with Gasteiger partial charge in [0.05, 0.1) is 11.6 Å². The van der Waals surface area contributed by atoms with E-state index in [2.05, 4.69) is 48.0 Å². The van der Waals surface area contributed by atoms with Crippen molar-refractivity contribution in [3.63, 3.8) is 0 Å². The Labute approximate surface area is 119 Å². The molecule has 0 spiro atoms. The van der Waals surface area contributed by atoms with Crippen LogP contribution in [0, 0.1) is 0 Å². The van der Waals surface area contributed by atoms with Gasteiger partial charge in [-0.15, -0.1) is 0 Å². The van der Waals surface area contributed by atoms with E-state index in [0.717, 1.165) is 26.1 Å². The molecule has 0 bridgehead atoms. The predicted molar refractivity (Wildman–Crippen MR) is 79.9 cm³/mol. The van der Waals surface area contributed by atoms with Crippen LogP contribution < -0.4 is 16.0 Å². The lowest BCUT2D eigenvalue weighted by atomic mass is 9.95. The van der Waals surface area contributed by atoms with Gasteiger partial charge in [-0.1, -0.05) is 0 Å². The molecule has 1 aromatic rings. The monoisotopic (exact) mass is 280 g/mol. The van der Waals surface area contributed by atoms with Gasteiger partial charge >= 0.3 is 0 Å².